The maximum atomic E-state index is 12.7. The zero-order valence-electron chi connectivity index (χ0n) is 9.81. The van der Waals surface area contributed by atoms with E-state index in [2.05, 4.69) is 0 Å². The Morgan fingerprint density at radius 3 is 2.35 bits per heavy atom. The monoisotopic (exact) mass is 246 g/mol. The number of hydrogen-bond acceptors (Lipinski definition) is 2. The predicted molar refractivity (Wildman–Crippen MR) is 57.4 cm³/mol. The van der Waals surface area contributed by atoms with E-state index in [1.165, 1.54) is 19.9 Å². The summed E-state index contributed by atoms with van der Waals surface area (Å²) in [5.74, 6) is -0.246. The molecule has 0 radical (unpaired) electrons. The van der Waals surface area contributed by atoms with Gasteiger partial charge in [0.25, 0.3) is 0 Å². The number of aryl methyl sites for hydroxylation is 1. The SMILES string of the molecule is CCOc1cc(C)c(C(F)(F)F)cc1C(C)=O. The van der Waals surface area contributed by atoms with E-state index in [-0.39, 0.29) is 16.9 Å². The van der Waals surface area contributed by atoms with Gasteiger partial charge in [-0.25, -0.2) is 0 Å². The minimum atomic E-state index is -4.46. The summed E-state index contributed by atoms with van der Waals surface area (Å²) in [6.45, 7) is 4.56. The van der Waals surface area contributed by atoms with Crippen LogP contribution in [0.2, 0.25) is 0 Å². The van der Waals surface area contributed by atoms with Gasteiger partial charge >= 0.3 is 6.18 Å². The van der Waals surface area contributed by atoms with E-state index in [1.807, 2.05) is 0 Å². The van der Waals surface area contributed by atoms with Crippen LogP contribution in [0.3, 0.4) is 0 Å². The number of hydrogen-bond donors (Lipinski definition) is 0. The highest BCUT2D eigenvalue weighted by molar-refractivity contribution is 5.97. The smallest absolute Gasteiger partial charge is 0.416 e. The van der Waals surface area contributed by atoms with Crippen LogP contribution in [0.4, 0.5) is 13.2 Å². The van der Waals surface area contributed by atoms with Crippen molar-refractivity contribution >= 4 is 5.78 Å². The molecule has 5 heteroatoms. The van der Waals surface area contributed by atoms with Gasteiger partial charge < -0.3 is 4.74 Å². The number of carbonyl (C=O) groups excluding carboxylic acids is 1. The van der Waals surface area contributed by atoms with Crippen molar-refractivity contribution in [3.63, 3.8) is 0 Å². The van der Waals surface area contributed by atoms with Crippen LogP contribution < -0.4 is 4.74 Å². The number of ketones is 1. The van der Waals surface area contributed by atoms with Crippen LogP contribution in [0, 0.1) is 6.92 Å². The van der Waals surface area contributed by atoms with Gasteiger partial charge in [-0.1, -0.05) is 0 Å². The average molecular weight is 246 g/mol. The molecule has 0 aromatic heterocycles. The fourth-order valence-corrected chi connectivity index (χ4v) is 1.54. The van der Waals surface area contributed by atoms with Gasteiger partial charge in [-0.2, -0.15) is 13.2 Å². The minimum Gasteiger partial charge on any atom is -0.493 e. The lowest BCUT2D eigenvalue weighted by atomic mass is 10.0. The van der Waals surface area contributed by atoms with Crippen LogP contribution >= 0.6 is 0 Å². The molecular weight excluding hydrogens is 233 g/mol. The quantitative estimate of drug-likeness (QED) is 0.761. The third-order valence-electron chi connectivity index (χ3n) is 2.31. The molecule has 0 N–H and O–H groups in total. The van der Waals surface area contributed by atoms with Crippen molar-refractivity contribution in [1.29, 1.82) is 0 Å². The van der Waals surface area contributed by atoms with Crippen LogP contribution in [-0.2, 0) is 6.18 Å². The van der Waals surface area contributed by atoms with Crippen LogP contribution in [0.15, 0.2) is 12.1 Å². The van der Waals surface area contributed by atoms with Crippen LogP contribution in [-0.4, -0.2) is 12.4 Å². The van der Waals surface area contributed by atoms with Gasteiger partial charge in [-0.05, 0) is 38.5 Å². The first-order chi connectivity index (χ1) is 7.77. The highest BCUT2D eigenvalue weighted by atomic mass is 19.4. The molecule has 0 bridgehead atoms. The predicted octanol–water partition coefficient (Wildman–Crippen LogP) is 3.62. The number of Topliss-reactive ketones (excluding diaryl/α,β-unsaturated/α-hetero) is 1. The Kier molecular flexibility index (Phi) is 3.80. The Balaban J connectivity index is 3.40. The molecule has 0 unspecified atom stereocenters. The summed E-state index contributed by atoms with van der Waals surface area (Å²) in [7, 11) is 0. The van der Waals surface area contributed by atoms with Crippen LogP contribution in [0.1, 0.15) is 35.3 Å². The second-order valence-corrected chi connectivity index (χ2v) is 3.65. The van der Waals surface area contributed by atoms with Gasteiger partial charge in [0.1, 0.15) is 5.75 Å². The molecule has 0 aliphatic carbocycles. The molecule has 0 heterocycles. The minimum absolute atomic E-state index is 0.0372. The van der Waals surface area contributed by atoms with E-state index >= 15 is 0 Å². The molecule has 0 atom stereocenters. The normalized spacial score (nSPS) is 11.4. The third kappa shape index (κ3) is 2.99. The van der Waals surface area contributed by atoms with Crippen LogP contribution in [0.25, 0.3) is 0 Å². The molecule has 0 fully saturated rings. The van der Waals surface area contributed by atoms with E-state index in [0.29, 0.717) is 6.61 Å². The maximum absolute atomic E-state index is 12.7. The van der Waals surface area contributed by atoms with Crippen molar-refractivity contribution < 1.29 is 22.7 Å². The van der Waals surface area contributed by atoms with E-state index < -0.39 is 17.5 Å². The van der Waals surface area contributed by atoms with E-state index in [4.69, 9.17) is 4.74 Å². The lowest BCUT2D eigenvalue weighted by Gasteiger charge is -2.15. The lowest BCUT2D eigenvalue weighted by Crippen LogP contribution is -2.11. The number of carbonyl (C=O) groups is 1. The van der Waals surface area contributed by atoms with E-state index in [1.54, 1.807) is 6.92 Å². The molecule has 0 aliphatic heterocycles. The summed E-state index contributed by atoms with van der Waals surface area (Å²) in [6.07, 6.45) is -4.46. The number of alkyl halides is 3. The summed E-state index contributed by atoms with van der Waals surface area (Å²) >= 11 is 0. The molecule has 0 saturated carbocycles. The largest absolute Gasteiger partial charge is 0.493 e. The number of halogens is 3. The highest BCUT2D eigenvalue weighted by Crippen LogP contribution is 2.35. The molecule has 0 aliphatic rings. The van der Waals surface area contributed by atoms with Crippen molar-refractivity contribution in [3.8, 4) is 5.75 Å². The Morgan fingerprint density at radius 2 is 1.94 bits per heavy atom. The second kappa shape index (κ2) is 4.77. The molecule has 1 rings (SSSR count). The zero-order valence-corrected chi connectivity index (χ0v) is 9.81. The molecule has 17 heavy (non-hydrogen) atoms. The van der Waals surface area contributed by atoms with Crippen molar-refractivity contribution in [1.82, 2.24) is 0 Å². The number of benzene rings is 1. The van der Waals surface area contributed by atoms with Gasteiger partial charge in [0.2, 0.25) is 0 Å². The molecule has 0 saturated heterocycles. The Labute approximate surface area is 97.4 Å². The average Bonchev–Trinajstić information content (AvgIpc) is 2.15. The molecule has 1 aromatic rings. The fourth-order valence-electron chi connectivity index (χ4n) is 1.54. The summed E-state index contributed by atoms with van der Waals surface area (Å²) < 4.78 is 43.1. The van der Waals surface area contributed by atoms with Gasteiger partial charge in [-0.3, -0.25) is 4.79 Å². The van der Waals surface area contributed by atoms with Crippen molar-refractivity contribution in [3.05, 3.63) is 28.8 Å². The third-order valence-corrected chi connectivity index (χ3v) is 2.31. The standard InChI is InChI=1S/C12H13F3O2/c1-4-17-11-5-7(2)10(12(13,14)15)6-9(11)8(3)16/h5-6H,4H2,1-3H3. The maximum Gasteiger partial charge on any atom is 0.416 e. The van der Waals surface area contributed by atoms with Gasteiger partial charge in [0.05, 0.1) is 17.7 Å². The summed E-state index contributed by atoms with van der Waals surface area (Å²) in [6, 6.07) is 2.10. The van der Waals surface area contributed by atoms with Gasteiger partial charge in [-0.15, -0.1) is 0 Å². The fraction of sp³-hybridized carbons (Fsp3) is 0.417. The first kappa shape index (κ1) is 13.5. The first-order valence-corrected chi connectivity index (χ1v) is 5.13. The molecular formula is C12H13F3O2. The van der Waals surface area contributed by atoms with Gasteiger partial charge in [0.15, 0.2) is 5.78 Å². The van der Waals surface area contributed by atoms with Crippen molar-refractivity contribution in [2.24, 2.45) is 0 Å². The lowest BCUT2D eigenvalue weighted by molar-refractivity contribution is -0.138. The van der Waals surface area contributed by atoms with Gasteiger partial charge in [0, 0.05) is 0 Å². The molecule has 0 spiro atoms. The first-order valence-electron chi connectivity index (χ1n) is 5.13. The number of ether oxygens (including phenoxy) is 1. The second-order valence-electron chi connectivity index (χ2n) is 3.65. The molecule has 1 aromatic carbocycles. The summed E-state index contributed by atoms with van der Waals surface area (Å²) in [5, 5.41) is 0. The van der Waals surface area contributed by atoms with Crippen molar-refractivity contribution in [2.45, 2.75) is 26.9 Å². The zero-order chi connectivity index (χ0) is 13.2. The molecule has 2 nitrogen and oxygen atoms in total. The van der Waals surface area contributed by atoms with E-state index in [0.717, 1.165) is 6.07 Å². The topological polar surface area (TPSA) is 26.3 Å². The number of rotatable bonds is 3. The highest BCUT2D eigenvalue weighted by Gasteiger charge is 2.33. The Morgan fingerprint density at radius 1 is 1.35 bits per heavy atom. The van der Waals surface area contributed by atoms with Crippen LogP contribution in [0.5, 0.6) is 5.75 Å². The summed E-state index contributed by atoms with van der Waals surface area (Å²) in [5.41, 5.74) is -0.790. The van der Waals surface area contributed by atoms with Crippen molar-refractivity contribution in [2.75, 3.05) is 6.61 Å². The molecule has 94 valence electrons. The Bertz CT molecular complexity index is 436. The summed E-state index contributed by atoms with van der Waals surface area (Å²) in [4.78, 5) is 11.3. The Hall–Kier alpha value is -1.52. The molecule has 0 amide bonds. The van der Waals surface area contributed by atoms with E-state index in [9.17, 15) is 18.0 Å².